The minimum absolute atomic E-state index is 0.169. The molecule has 0 saturated heterocycles. The van der Waals surface area contributed by atoms with E-state index in [4.69, 9.17) is 41.1 Å². The number of aliphatic hydroxyl groups excluding tert-OH is 3. The third-order valence-corrected chi connectivity index (χ3v) is 15.0. The number of aliphatic hydroxyl groups is 3. The number of nitrogens with one attached hydrogen (secondary N) is 2. The number of anilines is 2. The minimum atomic E-state index is -4.12. The van der Waals surface area contributed by atoms with E-state index < -0.39 is 71.4 Å². The molecule has 29 heteroatoms. The van der Waals surface area contributed by atoms with E-state index in [0.717, 1.165) is 22.7 Å². The van der Waals surface area contributed by atoms with Crippen molar-refractivity contribution in [2.75, 3.05) is 23.8 Å². The number of hydrogen-bond donors (Lipinski definition) is 7. The molecule has 0 radical (unpaired) electrons. The van der Waals surface area contributed by atoms with E-state index in [1.165, 1.54) is 31.1 Å². The predicted molar refractivity (Wildman–Crippen MR) is 262 cm³/mol. The third kappa shape index (κ3) is 16.0. The Kier molecular flexibility index (Phi) is 20.3. The Morgan fingerprint density at radius 1 is 0.685 bits per heavy atom. The molecule has 2 aliphatic rings. The van der Waals surface area contributed by atoms with Gasteiger partial charge < -0.3 is 26.0 Å². The number of hydrogen-bond acceptors (Lipinski definition) is 22. The summed E-state index contributed by atoms with van der Waals surface area (Å²) in [7, 11) is -8.23. The number of rotatable bonds is 18. The number of aromatic nitrogens is 4. The summed E-state index contributed by atoms with van der Waals surface area (Å²) in [6.07, 6.45) is 4.03. The van der Waals surface area contributed by atoms with E-state index in [9.17, 15) is 46.5 Å². The monoisotopic (exact) mass is 1160 g/mol. The van der Waals surface area contributed by atoms with Crippen LogP contribution >= 0.6 is 45.9 Å². The maximum absolute atomic E-state index is 13.3. The van der Waals surface area contributed by atoms with Gasteiger partial charge in [0.1, 0.15) is 34.7 Å². The molecule has 73 heavy (non-hydrogen) atoms. The van der Waals surface area contributed by atoms with Gasteiger partial charge in [-0.25, -0.2) is 30.2 Å². The van der Waals surface area contributed by atoms with Crippen LogP contribution in [0.15, 0.2) is 97.8 Å². The van der Waals surface area contributed by atoms with Crippen molar-refractivity contribution in [3.05, 3.63) is 150 Å². The summed E-state index contributed by atoms with van der Waals surface area (Å²) in [6.45, 7) is -0.492. The van der Waals surface area contributed by atoms with E-state index in [1.54, 1.807) is 60.7 Å². The van der Waals surface area contributed by atoms with Crippen molar-refractivity contribution in [2.24, 2.45) is 22.1 Å². The Labute approximate surface area is 441 Å². The Morgan fingerprint density at radius 2 is 1.12 bits per heavy atom. The third-order valence-electron chi connectivity index (χ3n) is 11.3. The maximum atomic E-state index is 13.3. The van der Waals surface area contributed by atoms with Crippen molar-refractivity contribution in [1.82, 2.24) is 19.9 Å². The van der Waals surface area contributed by atoms with E-state index in [-0.39, 0.29) is 80.8 Å². The molecule has 22 nitrogen and oxygen atoms in total. The van der Waals surface area contributed by atoms with Gasteiger partial charge >= 0.3 is 43.1 Å². The molecule has 4 aromatic heterocycles. The number of thiophene rings is 2. The van der Waals surface area contributed by atoms with Crippen LogP contribution in [0.4, 0.5) is 11.6 Å². The molecule has 2 aliphatic carbocycles. The van der Waals surface area contributed by atoms with E-state index in [0.29, 0.717) is 45.2 Å². The molecule has 389 valence electrons. The zero-order chi connectivity index (χ0) is 53.0. The number of nitrogens with two attached hydrogens (primary N) is 2. The fourth-order valence-corrected chi connectivity index (χ4v) is 11.1. The molecule has 0 bridgehead atoms. The van der Waals surface area contributed by atoms with Crippen LogP contribution in [0.5, 0.6) is 0 Å². The first-order valence-corrected chi connectivity index (χ1v) is 27.7. The summed E-state index contributed by atoms with van der Waals surface area (Å²) in [5, 5.41) is 47.3. The van der Waals surface area contributed by atoms with Crippen molar-refractivity contribution in [3.8, 4) is 0 Å². The molecule has 0 spiro atoms. The molecule has 8 rings (SSSR count). The molecule has 9 N–H and O–H groups in total. The number of nitrogens with zero attached hydrogens (tertiary/aromatic N) is 4. The quantitative estimate of drug-likeness (QED) is 0.0461. The van der Waals surface area contributed by atoms with Crippen molar-refractivity contribution in [2.45, 2.75) is 56.1 Å². The molecular weight excluding hydrogens is 1120 g/mol. The molecule has 7 atom stereocenters. The van der Waals surface area contributed by atoms with Gasteiger partial charge in [0.05, 0.1) is 56.2 Å². The van der Waals surface area contributed by atoms with Gasteiger partial charge in [-0.05, 0) is 43.4 Å². The predicted octanol–water partition coefficient (Wildman–Crippen LogP) is 4.46. The zero-order valence-corrected chi connectivity index (χ0v) is 43.5. The van der Waals surface area contributed by atoms with Crippen LogP contribution in [0.3, 0.4) is 0 Å². The summed E-state index contributed by atoms with van der Waals surface area (Å²) in [5.41, 5.74) is 2.13. The molecule has 1 unspecified atom stereocenters. The molecule has 2 saturated carbocycles. The Morgan fingerprint density at radius 3 is 1.59 bits per heavy atom. The van der Waals surface area contributed by atoms with Gasteiger partial charge in [-0.1, -0.05) is 83.9 Å². The van der Waals surface area contributed by atoms with E-state index in [2.05, 4.69) is 38.9 Å². The Balaban J connectivity index is 0.000000226. The van der Waals surface area contributed by atoms with Crippen molar-refractivity contribution >= 4 is 95.5 Å². The van der Waals surface area contributed by atoms with Crippen LogP contribution < -0.4 is 20.9 Å². The SMILES string of the molecule is NS(=O)(=O)OC[C@H]1C[C@@H](Nc2ncncc2C(=O)c2cc(C(=O)c3ccccc3)c(Cl)s2)C[C@@H]1O.NS(=O)(=O)OC[C@H]1C[C@@H](Nc2ncncc2C(=O)c2cc(C(O)c3ccccc3)c(Cl)s2)C[C@@H]1O.[O]=[Mn]=[O]. The number of halogens is 2. The van der Waals surface area contributed by atoms with E-state index >= 15 is 0 Å². The van der Waals surface area contributed by atoms with Crippen LogP contribution in [0.25, 0.3) is 0 Å². The Hall–Kier alpha value is -5.07. The van der Waals surface area contributed by atoms with Gasteiger partial charge in [-0.2, -0.15) is 16.8 Å². The average Bonchev–Trinajstić information content (AvgIpc) is 4.14. The van der Waals surface area contributed by atoms with Crippen LogP contribution in [0.2, 0.25) is 8.67 Å². The number of carbonyl (C=O) groups excluding carboxylic acids is 3. The molecule has 6 aromatic rings. The van der Waals surface area contributed by atoms with Crippen LogP contribution in [-0.2, 0) is 51.5 Å². The average molecular weight is 1160 g/mol. The Bertz CT molecular complexity index is 3170. The molecule has 2 aromatic carbocycles. The van der Waals surface area contributed by atoms with Crippen molar-refractivity contribution < 1.29 is 77.4 Å². The van der Waals surface area contributed by atoms with Gasteiger partial charge in [-0.3, -0.25) is 22.7 Å². The van der Waals surface area contributed by atoms with Crippen LogP contribution in [0.1, 0.15) is 89.3 Å². The summed E-state index contributed by atoms with van der Waals surface area (Å²) < 4.78 is 70.7. The second-order valence-electron chi connectivity index (χ2n) is 16.3. The topological polar surface area (TPSA) is 360 Å². The molecule has 0 amide bonds. The first-order chi connectivity index (χ1) is 34.7. The number of ketones is 3. The molecular formula is C44H44Cl2MnN8O14S4. The number of carbonyl (C=O) groups is 3. The molecule has 4 heterocycles. The summed E-state index contributed by atoms with van der Waals surface area (Å²) in [6, 6.07) is 20.0. The molecule has 0 aliphatic heterocycles. The fraction of sp³-hybridized carbons (Fsp3) is 0.295. The zero-order valence-electron chi connectivity index (χ0n) is 37.6. The first kappa shape index (κ1) is 57.2. The molecule has 2 fully saturated rings. The van der Waals surface area contributed by atoms with Gasteiger partial charge in [0.25, 0.3) is 0 Å². The summed E-state index contributed by atoms with van der Waals surface area (Å²) >= 11 is 13.3. The summed E-state index contributed by atoms with van der Waals surface area (Å²) in [5.74, 6) is -1.49. The van der Waals surface area contributed by atoms with Crippen molar-refractivity contribution in [1.29, 1.82) is 0 Å². The van der Waals surface area contributed by atoms with Crippen molar-refractivity contribution in [3.63, 3.8) is 0 Å². The standard InChI is InChI=1S/C22H23ClN4O6S2.C22H21ClN4O6S2.Mn.2O/c2*23-21-15(19(29)12-4-2-1-3-5-12)8-18(34-21)20(30)16-9-25-11-26-22(16)27-14-6-13(17(28)7-14)10-33-35(24,31)32;;;/h1-5,8-9,11,13-14,17,19,28-29H,6-7,10H2,(H2,24,31,32)(H,25,26,27);1-5,8-9,11,13-14,17,28H,6-7,10H2,(H2,24,31,32)(H,25,26,27);;;/t13-,14-,17+,19?;13-,14-,17+;;;/m11.../s1. The van der Waals surface area contributed by atoms with Gasteiger partial charge in [-0.15, -0.1) is 22.7 Å². The summed E-state index contributed by atoms with van der Waals surface area (Å²) in [4.78, 5) is 56.2. The van der Waals surface area contributed by atoms with Gasteiger partial charge in [0.15, 0.2) is 5.78 Å². The van der Waals surface area contributed by atoms with E-state index in [1.807, 2.05) is 6.07 Å². The number of benzene rings is 2. The van der Waals surface area contributed by atoms with Crippen LogP contribution in [0, 0.1) is 11.8 Å². The normalized spacial score (nSPS) is 19.9. The fourth-order valence-electron chi connectivity index (χ4n) is 7.91. The van der Waals surface area contributed by atoms with Gasteiger partial charge in [0, 0.05) is 47.4 Å². The van der Waals surface area contributed by atoms with Crippen LogP contribution in [-0.4, -0.2) is 107 Å². The second kappa shape index (κ2) is 25.9. The van der Waals surface area contributed by atoms with Gasteiger partial charge in [0.2, 0.25) is 11.6 Å². The first-order valence-electron chi connectivity index (χ1n) is 21.4. The second-order valence-corrected chi connectivity index (χ2v) is 22.2.